The number of rotatable bonds is 11. The number of carbonyl (C=O) groups excluding carboxylic acids is 2. The Morgan fingerprint density at radius 3 is 2.38 bits per heavy atom. The lowest BCUT2D eigenvalue weighted by molar-refractivity contribution is -0.134. The average Bonchev–Trinajstić information content (AvgIpc) is 2.82. The van der Waals surface area contributed by atoms with Crippen LogP contribution in [0.5, 0.6) is 17.2 Å². The number of para-hydroxylation sites is 1. The van der Waals surface area contributed by atoms with E-state index in [1.807, 2.05) is 57.0 Å². The zero-order chi connectivity index (χ0) is 23.9. The highest BCUT2D eigenvalue weighted by atomic mass is 16.6. The molecule has 0 aliphatic rings. The van der Waals surface area contributed by atoms with E-state index in [1.165, 1.54) is 7.11 Å². The van der Waals surface area contributed by atoms with Crippen LogP contribution in [-0.4, -0.2) is 26.6 Å². The van der Waals surface area contributed by atoms with Crippen LogP contribution in [-0.2, 0) is 9.59 Å². The molecule has 0 saturated carbocycles. The van der Waals surface area contributed by atoms with Gasteiger partial charge in [-0.05, 0) is 37.6 Å². The molecular weight excluding hydrogens is 406 g/mol. The summed E-state index contributed by atoms with van der Waals surface area (Å²) in [5, 5.41) is 0. The van der Waals surface area contributed by atoms with Crippen molar-refractivity contribution < 1.29 is 23.8 Å². The molecule has 0 fully saturated rings. The van der Waals surface area contributed by atoms with E-state index in [2.05, 4.69) is 6.92 Å². The first-order valence-electron chi connectivity index (χ1n) is 11.0. The van der Waals surface area contributed by atoms with Crippen LogP contribution in [0.3, 0.4) is 0 Å². The van der Waals surface area contributed by atoms with Gasteiger partial charge >= 0.3 is 5.97 Å². The molecule has 174 valence electrons. The molecule has 0 aliphatic carbocycles. The van der Waals surface area contributed by atoms with E-state index in [-0.39, 0.29) is 5.97 Å². The monoisotopic (exact) mass is 441 g/mol. The van der Waals surface area contributed by atoms with Crippen molar-refractivity contribution in [1.82, 2.24) is 0 Å². The molecular formula is C26H35NO5. The molecule has 0 saturated heterocycles. The fourth-order valence-corrected chi connectivity index (χ4v) is 3.15. The Morgan fingerprint density at radius 1 is 1.03 bits per heavy atom. The Bertz CT molecular complexity index is 892. The highest BCUT2D eigenvalue weighted by Gasteiger charge is 2.17. The van der Waals surface area contributed by atoms with Gasteiger partial charge in [0.2, 0.25) is 0 Å². The smallest absolute Gasteiger partial charge is 0.311 e. The summed E-state index contributed by atoms with van der Waals surface area (Å²) in [5.74, 6) is 1.04. The van der Waals surface area contributed by atoms with Crippen LogP contribution in [0, 0.1) is 0 Å². The first kappa shape index (κ1) is 26.8. The van der Waals surface area contributed by atoms with Crippen LogP contribution < -0.4 is 19.1 Å². The normalized spacial score (nSPS) is 10.5. The third-order valence-electron chi connectivity index (χ3n) is 4.72. The van der Waals surface area contributed by atoms with Gasteiger partial charge in [0, 0.05) is 36.5 Å². The first-order valence-corrected chi connectivity index (χ1v) is 11.0. The van der Waals surface area contributed by atoms with Gasteiger partial charge in [-0.3, -0.25) is 9.59 Å². The number of hydrogen-bond donors (Lipinski definition) is 0. The van der Waals surface area contributed by atoms with Gasteiger partial charge in [-0.2, -0.15) is 0 Å². The fourth-order valence-electron chi connectivity index (χ4n) is 3.15. The summed E-state index contributed by atoms with van der Waals surface area (Å²) in [6.45, 7) is 8.40. The number of methoxy groups -OCH3 is 1. The van der Waals surface area contributed by atoms with Crippen molar-refractivity contribution in [1.29, 1.82) is 0 Å². The van der Waals surface area contributed by atoms with Crippen LogP contribution in [0.1, 0.15) is 58.9 Å². The van der Waals surface area contributed by atoms with Gasteiger partial charge in [0.05, 0.1) is 7.11 Å². The molecule has 0 aliphatic heterocycles. The van der Waals surface area contributed by atoms with Gasteiger partial charge in [0.1, 0.15) is 5.75 Å². The molecule has 0 spiro atoms. The van der Waals surface area contributed by atoms with Crippen molar-refractivity contribution in [2.75, 3.05) is 19.1 Å². The molecule has 0 N–H and O–H groups in total. The number of esters is 1. The van der Waals surface area contributed by atoms with Crippen LogP contribution in [0.25, 0.3) is 5.70 Å². The quantitative estimate of drug-likeness (QED) is 0.178. The van der Waals surface area contributed by atoms with Crippen LogP contribution in [0.4, 0.5) is 5.69 Å². The van der Waals surface area contributed by atoms with Gasteiger partial charge < -0.3 is 19.1 Å². The number of allylic oxidation sites excluding steroid dienone is 1. The Balaban J connectivity index is 0.00000249. The molecule has 6 heteroatoms. The van der Waals surface area contributed by atoms with Crippen LogP contribution >= 0.6 is 0 Å². The second-order valence-corrected chi connectivity index (χ2v) is 6.71. The van der Waals surface area contributed by atoms with E-state index in [1.54, 1.807) is 24.3 Å². The molecule has 0 unspecified atom stereocenters. The fraction of sp³-hybridized carbons (Fsp3) is 0.385. The van der Waals surface area contributed by atoms with E-state index >= 15 is 0 Å². The molecule has 2 aromatic rings. The lowest BCUT2D eigenvalue weighted by Crippen LogP contribution is -2.16. The van der Waals surface area contributed by atoms with Crippen molar-refractivity contribution in [2.24, 2.45) is 0 Å². The molecule has 0 radical (unpaired) electrons. The number of nitrogens with zero attached hydrogens (tertiary/aromatic N) is 1. The maximum absolute atomic E-state index is 12.2. The van der Waals surface area contributed by atoms with Crippen molar-refractivity contribution in [3.05, 3.63) is 54.1 Å². The average molecular weight is 442 g/mol. The Morgan fingerprint density at radius 2 is 1.75 bits per heavy atom. The molecule has 0 bridgehead atoms. The number of anilines is 1. The number of benzene rings is 2. The summed E-state index contributed by atoms with van der Waals surface area (Å²) in [6.07, 6.45) is 5.12. The predicted molar refractivity (Wildman–Crippen MR) is 129 cm³/mol. The standard InChI is InChI=1S/C24H29NO5.C2H6/c1-5-7-8-13-24(27)30-23-16-18(14-15-22(23)28-4)25(3)20(6-2)19-11-9-10-12-21(19)29-17-26;1-2/h6,9-12,14-17H,5,7-8,13H2,1-4H3;1-2H3/b20-6+;. The molecule has 0 aromatic heterocycles. The van der Waals surface area contributed by atoms with E-state index in [0.717, 1.165) is 36.2 Å². The number of hydrogen-bond acceptors (Lipinski definition) is 6. The van der Waals surface area contributed by atoms with Gasteiger partial charge in [-0.1, -0.05) is 51.8 Å². The van der Waals surface area contributed by atoms with Crippen LogP contribution in [0.2, 0.25) is 0 Å². The maximum atomic E-state index is 12.2. The second-order valence-electron chi connectivity index (χ2n) is 6.71. The third kappa shape index (κ3) is 7.45. The molecule has 32 heavy (non-hydrogen) atoms. The summed E-state index contributed by atoms with van der Waals surface area (Å²) >= 11 is 0. The van der Waals surface area contributed by atoms with Gasteiger partial charge in [0.25, 0.3) is 6.47 Å². The SMILES string of the molecule is C/C=C(\c1ccccc1OC=O)N(C)c1ccc(OC)c(OC(=O)CCCCC)c1.CC. The van der Waals surface area contributed by atoms with Gasteiger partial charge in [0.15, 0.2) is 11.5 Å². The lowest BCUT2D eigenvalue weighted by atomic mass is 10.1. The maximum Gasteiger partial charge on any atom is 0.311 e. The number of ether oxygens (including phenoxy) is 3. The number of unbranched alkanes of at least 4 members (excludes halogenated alkanes) is 2. The summed E-state index contributed by atoms with van der Waals surface area (Å²) in [6, 6.07) is 12.7. The van der Waals surface area contributed by atoms with Crippen molar-refractivity contribution in [3.63, 3.8) is 0 Å². The van der Waals surface area contributed by atoms with Gasteiger partial charge in [-0.25, -0.2) is 0 Å². The molecule has 0 amide bonds. The molecule has 2 rings (SSSR count). The predicted octanol–water partition coefficient (Wildman–Crippen LogP) is 6.24. The largest absolute Gasteiger partial charge is 0.493 e. The highest BCUT2D eigenvalue weighted by molar-refractivity contribution is 5.83. The Labute approximate surface area is 191 Å². The first-order chi connectivity index (χ1) is 15.5. The van der Waals surface area contributed by atoms with E-state index in [4.69, 9.17) is 14.2 Å². The highest BCUT2D eigenvalue weighted by Crippen LogP contribution is 2.36. The summed E-state index contributed by atoms with van der Waals surface area (Å²) in [4.78, 5) is 25.0. The Hall–Kier alpha value is -3.28. The second kappa shape index (κ2) is 14.7. The van der Waals surface area contributed by atoms with Crippen molar-refractivity contribution >= 4 is 23.8 Å². The third-order valence-corrected chi connectivity index (χ3v) is 4.72. The van der Waals surface area contributed by atoms with E-state index in [9.17, 15) is 9.59 Å². The molecule has 2 aromatic carbocycles. The minimum atomic E-state index is -0.280. The van der Waals surface area contributed by atoms with Gasteiger partial charge in [-0.15, -0.1) is 0 Å². The van der Waals surface area contributed by atoms with Crippen LogP contribution in [0.15, 0.2) is 48.5 Å². The zero-order valence-electron chi connectivity index (χ0n) is 20.0. The Kier molecular flexibility index (Phi) is 12.3. The molecule has 0 atom stereocenters. The molecule has 0 heterocycles. The van der Waals surface area contributed by atoms with Crippen molar-refractivity contribution in [2.45, 2.75) is 53.4 Å². The summed E-state index contributed by atoms with van der Waals surface area (Å²) in [5.41, 5.74) is 2.39. The topological polar surface area (TPSA) is 65.1 Å². The minimum Gasteiger partial charge on any atom is -0.493 e. The van der Waals surface area contributed by atoms with E-state index in [0.29, 0.717) is 30.1 Å². The van der Waals surface area contributed by atoms with E-state index < -0.39 is 0 Å². The molecule has 6 nitrogen and oxygen atoms in total. The minimum absolute atomic E-state index is 0.280. The lowest BCUT2D eigenvalue weighted by Gasteiger charge is -2.25. The van der Waals surface area contributed by atoms with Crippen molar-refractivity contribution in [3.8, 4) is 17.2 Å². The summed E-state index contributed by atoms with van der Waals surface area (Å²) < 4.78 is 16.1. The zero-order valence-corrected chi connectivity index (χ0v) is 20.0. The summed E-state index contributed by atoms with van der Waals surface area (Å²) in [7, 11) is 3.43. The number of carbonyl (C=O) groups is 2.